The van der Waals surface area contributed by atoms with E-state index in [2.05, 4.69) is 36.2 Å². The van der Waals surface area contributed by atoms with Crippen LogP contribution in [0, 0.1) is 5.92 Å². The molecule has 0 aliphatic rings. The van der Waals surface area contributed by atoms with Crippen molar-refractivity contribution in [2.45, 2.75) is 83.0 Å². The van der Waals surface area contributed by atoms with E-state index in [-0.39, 0.29) is 63.2 Å². The van der Waals surface area contributed by atoms with Gasteiger partial charge in [0.05, 0.1) is 6.04 Å². The zero-order valence-electron chi connectivity index (χ0n) is 26.5. The molecule has 0 aromatic heterocycles. The molecular formula is C26H52N14O6. The molecule has 0 aromatic carbocycles. The quantitative estimate of drug-likeness (QED) is 0.0279. The van der Waals surface area contributed by atoms with Crippen molar-refractivity contribution in [2.24, 2.45) is 61.0 Å². The van der Waals surface area contributed by atoms with Crippen LogP contribution in [-0.2, 0) is 24.0 Å². The highest BCUT2D eigenvalue weighted by Crippen LogP contribution is 2.11. The number of rotatable bonds is 23. The summed E-state index contributed by atoms with van der Waals surface area (Å²) in [4.78, 5) is 75.2. The van der Waals surface area contributed by atoms with Crippen LogP contribution in [-0.4, -0.2) is 103 Å². The Morgan fingerprint density at radius 3 is 1.52 bits per heavy atom. The van der Waals surface area contributed by atoms with Crippen molar-refractivity contribution in [2.75, 3.05) is 26.2 Å². The molecule has 0 spiro atoms. The molecule has 0 rings (SSSR count). The maximum Gasteiger partial charge on any atom is 0.322 e. The first-order valence-corrected chi connectivity index (χ1v) is 14.9. The van der Waals surface area contributed by atoms with Crippen LogP contribution in [0.15, 0.2) is 15.0 Å². The lowest BCUT2D eigenvalue weighted by Crippen LogP contribution is -2.59. The van der Waals surface area contributed by atoms with Gasteiger partial charge in [0.15, 0.2) is 17.9 Å². The zero-order valence-corrected chi connectivity index (χ0v) is 26.5. The highest BCUT2D eigenvalue weighted by molar-refractivity contribution is 5.95. The third kappa shape index (κ3) is 18.7. The monoisotopic (exact) mass is 656 g/mol. The molecule has 4 amide bonds. The van der Waals surface area contributed by atoms with E-state index in [0.29, 0.717) is 19.3 Å². The summed E-state index contributed by atoms with van der Waals surface area (Å²) in [5.41, 5.74) is 38.1. The summed E-state index contributed by atoms with van der Waals surface area (Å²) in [6.07, 6.45) is 1.86. The van der Waals surface area contributed by atoms with Crippen molar-refractivity contribution in [3.8, 4) is 0 Å². The van der Waals surface area contributed by atoms with Gasteiger partial charge in [-0.2, -0.15) is 0 Å². The van der Waals surface area contributed by atoms with Gasteiger partial charge in [0, 0.05) is 19.6 Å². The zero-order chi connectivity index (χ0) is 35.2. The molecule has 0 saturated carbocycles. The van der Waals surface area contributed by atoms with E-state index in [9.17, 15) is 24.0 Å². The molecule has 262 valence electrons. The summed E-state index contributed by atoms with van der Waals surface area (Å²) in [6, 6.07) is -4.37. The van der Waals surface area contributed by atoms with Gasteiger partial charge in [-0.05, 0) is 44.4 Å². The maximum absolute atomic E-state index is 13.5. The Bertz CT molecular complexity index is 1090. The van der Waals surface area contributed by atoms with Crippen molar-refractivity contribution in [3.05, 3.63) is 0 Å². The second-order valence-corrected chi connectivity index (χ2v) is 10.6. The van der Waals surface area contributed by atoms with Gasteiger partial charge in [0.2, 0.25) is 23.6 Å². The van der Waals surface area contributed by atoms with Crippen LogP contribution in [0.1, 0.15) is 58.8 Å². The summed E-state index contributed by atoms with van der Waals surface area (Å²) in [6.45, 7) is 3.46. The fraction of sp³-hybridized carbons (Fsp3) is 0.692. The van der Waals surface area contributed by atoms with Crippen LogP contribution in [0.25, 0.3) is 0 Å². The molecule has 0 aliphatic carbocycles. The minimum Gasteiger partial charge on any atom is -0.480 e. The van der Waals surface area contributed by atoms with Crippen molar-refractivity contribution < 1.29 is 29.1 Å². The number of aliphatic imine (C=N–C) groups is 3. The number of nitrogens with zero attached hydrogens (tertiary/aromatic N) is 3. The number of guanidine groups is 3. The third-order valence-corrected chi connectivity index (χ3v) is 6.67. The highest BCUT2D eigenvalue weighted by Gasteiger charge is 2.32. The summed E-state index contributed by atoms with van der Waals surface area (Å²) >= 11 is 0. The molecule has 0 aromatic rings. The second kappa shape index (κ2) is 22.6. The van der Waals surface area contributed by atoms with E-state index in [4.69, 9.17) is 45.2 Å². The molecule has 0 saturated heterocycles. The maximum atomic E-state index is 13.5. The fourth-order valence-electron chi connectivity index (χ4n) is 3.98. The third-order valence-electron chi connectivity index (χ3n) is 6.67. The number of carbonyl (C=O) groups excluding carboxylic acids is 4. The van der Waals surface area contributed by atoms with Gasteiger partial charge in [-0.3, -0.25) is 38.9 Å². The Morgan fingerprint density at radius 2 is 1.09 bits per heavy atom. The lowest BCUT2D eigenvalue weighted by molar-refractivity contribution is -0.138. The molecule has 20 nitrogen and oxygen atoms in total. The Labute approximate surface area is 268 Å². The van der Waals surface area contributed by atoms with Gasteiger partial charge < -0.3 is 66.5 Å². The van der Waals surface area contributed by atoms with Crippen molar-refractivity contribution >= 4 is 47.5 Å². The Morgan fingerprint density at radius 1 is 0.652 bits per heavy atom. The number of carbonyl (C=O) groups is 5. The second-order valence-electron chi connectivity index (χ2n) is 10.6. The average molecular weight is 657 g/mol. The fourth-order valence-corrected chi connectivity index (χ4v) is 3.98. The van der Waals surface area contributed by atoms with Crippen molar-refractivity contribution in [3.63, 3.8) is 0 Å². The number of nitrogens with two attached hydrogens (primary N) is 7. The molecule has 0 bridgehead atoms. The number of carboxylic acid groups (broad SMARTS) is 1. The van der Waals surface area contributed by atoms with Gasteiger partial charge in [0.1, 0.15) is 24.7 Å². The molecule has 19 N–H and O–H groups in total. The van der Waals surface area contributed by atoms with E-state index in [1.807, 2.05) is 0 Å². The number of amides is 4. The van der Waals surface area contributed by atoms with Crippen LogP contribution in [0.5, 0.6) is 0 Å². The van der Waals surface area contributed by atoms with Gasteiger partial charge >= 0.3 is 5.97 Å². The normalized spacial score (nSPS) is 13.8. The first kappa shape index (κ1) is 41.1. The predicted molar refractivity (Wildman–Crippen MR) is 174 cm³/mol. The number of hydrogen-bond acceptors (Lipinski definition) is 9. The first-order chi connectivity index (χ1) is 21.6. The van der Waals surface area contributed by atoms with E-state index < -0.39 is 66.2 Å². The topological polar surface area (TPSA) is 373 Å². The minimum atomic E-state index is -1.27. The molecule has 20 heteroatoms. The van der Waals surface area contributed by atoms with Crippen LogP contribution in [0.4, 0.5) is 0 Å². The van der Waals surface area contributed by atoms with Crippen LogP contribution < -0.4 is 61.4 Å². The molecule has 0 fully saturated rings. The summed E-state index contributed by atoms with van der Waals surface area (Å²) in [5.74, 6) is -4.78. The minimum absolute atomic E-state index is 0.0691. The SMILES string of the molecule is CC[C@H](C)[C@H](NC(=O)[C@H](CCCN=C(N)N)NC(=O)[C@@H](N)CCCN=C(N)N)C(=O)N[C@@H](CCCN=C(N)N)C(=O)NCC(=O)O. The Balaban J connectivity index is 5.87. The summed E-state index contributed by atoms with van der Waals surface area (Å²) in [7, 11) is 0. The van der Waals surface area contributed by atoms with Gasteiger partial charge in [-0.25, -0.2) is 0 Å². The van der Waals surface area contributed by atoms with Gasteiger partial charge in [0.25, 0.3) is 0 Å². The molecule has 46 heavy (non-hydrogen) atoms. The number of aliphatic carboxylic acids is 1. The standard InChI is InChI=1S/C26H52N14O6/c1-3-14(2)19(23(46)39-16(8-5-11-35-25(30)31)21(44)37-13-18(41)42)40-22(45)17(9-6-12-36-26(32)33)38-20(43)15(27)7-4-10-34-24(28)29/h14-17,19H,3-13,27H2,1-2H3,(H,37,44)(H,38,43)(H,39,46)(H,40,45)(H,41,42)(H4,28,29,34)(H4,30,31,35)(H4,32,33,36)/t14-,15-,16-,17-,19-/m0/s1. The smallest absolute Gasteiger partial charge is 0.322 e. The van der Waals surface area contributed by atoms with Gasteiger partial charge in [-0.1, -0.05) is 20.3 Å². The van der Waals surface area contributed by atoms with E-state index in [1.54, 1.807) is 13.8 Å². The molecule has 0 heterocycles. The average Bonchev–Trinajstić information content (AvgIpc) is 2.98. The number of hydrogen-bond donors (Lipinski definition) is 12. The summed E-state index contributed by atoms with van der Waals surface area (Å²) in [5, 5.41) is 19.1. The highest BCUT2D eigenvalue weighted by atomic mass is 16.4. The molecular weight excluding hydrogens is 604 g/mol. The Kier molecular flexibility index (Phi) is 20.2. The largest absolute Gasteiger partial charge is 0.480 e. The molecule has 0 radical (unpaired) electrons. The number of carboxylic acids is 1. The predicted octanol–water partition coefficient (Wildman–Crippen LogP) is -4.82. The van der Waals surface area contributed by atoms with E-state index in [1.165, 1.54) is 0 Å². The first-order valence-electron chi connectivity index (χ1n) is 14.9. The molecule has 5 atom stereocenters. The van der Waals surface area contributed by atoms with Gasteiger partial charge in [-0.15, -0.1) is 0 Å². The number of nitrogens with one attached hydrogen (secondary N) is 4. The lowest BCUT2D eigenvalue weighted by atomic mass is 9.96. The van der Waals surface area contributed by atoms with E-state index >= 15 is 0 Å². The van der Waals surface area contributed by atoms with Crippen LogP contribution in [0.2, 0.25) is 0 Å². The molecule has 0 unspecified atom stereocenters. The summed E-state index contributed by atoms with van der Waals surface area (Å²) < 4.78 is 0. The van der Waals surface area contributed by atoms with Crippen molar-refractivity contribution in [1.82, 2.24) is 21.3 Å². The van der Waals surface area contributed by atoms with Crippen molar-refractivity contribution in [1.29, 1.82) is 0 Å². The van der Waals surface area contributed by atoms with Crippen LogP contribution >= 0.6 is 0 Å². The van der Waals surface area contributed by atoms with E-state index in [0.717, 1.165) is 0 Å². The van der Waals surface area contributed by atoms with Crippen LogP contribution in [0.3, 0.4) is 0 Å². The molecule has 0 aliphatic heterocycles. The lowest BCUT2D eigenvalue weighted by Gasteiger charge is -2.28. The Hall–Kier alpha value is -4.88.